The molecule has 202 valence electrons. The van der Waals surface area contributed by atoms with E-state index in [9.17, 15) is 0 Å². The molecule has 0 bridgehead atoms. The second-order valence-electron chi connectivity index (χ2n) is 11.8. The van der Waals surface area contributed by atoms with Crippen molar-refractivity contribution in [2.24, 2.45) is 5.92 Å². The molecular formula is C34H48O3. The van der Waals surface area contributed by atoms with E-state index in [1.54, 1.807) is 0 Å². The molecule has 0 radical (unpaired) electrons. The van der Waals surface area contributed by atoms with Crippen LogP contribution in [0.2, 0.25) is 0 Å². The van der Waals surface area contributed by atoms with E-state index in [0.29, 0.717) is 31.7 Å². The van der Waals surface area contributed by atoms with Crippen LogP contribution in [0.1, 0.15) is 108 Å². The topological polar surface area (TPSA) is 27.7 Å². The van der Waals surface area contributed by atoms with Gasteiger partial charge in [-0.1, -0.05) is 95.0 Å². The highest BCUT2D eigenvalue weighted by molar-refractivity contribution is 5.43. The first kappa shape index (κ1) is 27.9. The minimum atomic E-state index is -0.450. The molecule has 1 heterocycles. The lowest BCUT2D eigenvalue weighted by molar-refractivity contribution is -0.168. The van der Waals surface area contributed by atoms with Crippen LogP contribution in [-0.4, -0.2) is 19.0 Å². The van der Waals surface area contributed by atoms with Crippen molar-refractivity contribution in [1.82, 2.24) is 0 Å². The van der Waals surface area contributed by atoms with Crippen molar-refractivity contribution in [2.45, 2.75) is 109 Å². The molecule has 1 spiro atoms. The second kappa shape index (κ2) is 13.1. The summed E-state index contributed by atoms with van der Waals surface area (Å²) in [6.45, 7) is 13.1. The minimum absolute atomic E-state index is 0.111. The van der Waals surface area contributed by atoms with Crippen LogP contribution in [0.15, 0.2) is 61.2 Å². The largest absolute Gasteiger partial charge is 0.489 e. The Morgan fingerprint density at radius 1 is 1.05 bits per heavy atom. The molecule has 0 unspecified atom stereocenters. The van der Waals surface area contributed by atoms with E-state index in [-0.39, 0.29) is 5.41 Å². The molecule has 2 atom stereocenters. The lowest BCUT2D eigenvalue weighted by Crippen LogP contribution is -2.32. The summed E-state index contributed by atoms with van der Waals surface area (Å²) in [7, 11) is 0. The highest BCUT2D eigenvalue weighted by Gasteiger charge is 2.43. The standard InChI is InChI=1S/C34H48O3/c1-5-7-8-12-20-33(3,4)29-18-19-30(32(24-29)35-26-27-15-10-9-11-16-27)31-25-34(36-22-23-37-34)21-13-17-28(31)14-6-2/h6,9-11,15-16,18-19,24,28,31H,2,5,7-8,12-14,17,20-23,25-26H2,1,3-4H3/t28-,31-/m1/s1. The van der Waals surface area contributed by atoms with E-state index in [0.717, 1.165) is 37.9 Å². The molecule has 1 saturated carbocycles. The van der Waals surface area contributed by atoms with Crippen molar-refractivity contribution >= 4 is 0 Å². The zero-order chi connectivity index (χ0) is 26.1. The molecule has 2 fully saturated rings. The number of benzene rings is 2. The van der Waals surface area contributed by atoms with Gasteiger partial charge in [-0.3, -0.25) is 0 Å². The highest BCUT2D eigenvalue weighted by Crippen LogP contribution is 2.48. The fraction of sp³-hybridized carbons (Fsp3) is 0.588. The van der Waals surface area contributed by atoms with E-state index in [4.69, 9.17) is 14.2 Å². The summed E-state index contributed by atoms with van der Waals surface area (Å²) in [5, 5.41) is 0. The van der Waals surface area contributed by atoms with E-state index >= 15 is 0 Å². The Bertz CT molecular complexity index is 974. The van der Waals surface area contributed by atoms with Crippen molar-refractivity contribution in [3.05, 3.63) is 77.9 Å². The third kappa shape index (κ3) is 7.27. The number of hydrogen-bond acceptors (Lipinski definition) is 3. The van der Waals surface area contributed by atoms with Gasteiger partial charge in [0.25, 0.3) is 0 Å². The van der Waals surface area contributed by atoms with Gasteiger partial charge in [0.05, 0.1) is 13.2 Å². The number of rotatable bonds is 12. The summed E-state index contributed by atoms with van der Waals surface area (Å²) < 4.78 is 19.2. The Labute approximate surface area is 225 Å². The van der Waals surface area contributed by atoms with Gasteiger partial charge < -0.3 is 14.2 Å². The normalized spacial score (nSPS) is 21.6. The van der Waals surface area contributed by atoms with Gasteiger partial charge >= 0.3 is 0 Å². The van der Waals surface area contributed by atoms with Crippen LogP contribution in [-0.2, 0) is 21.5 Å². The van der Waals surface area contributed by atoms with Gasteiger partial charge in [0.15, 0.2) is 5.79 Å². The van der Waals surface area contributed by atoms with Crippen molar-refractivity contribution in [1.29, 1.82) is 0 Å². The fourth-order valence-corrected chi connectivity index (χ4v) is 6.32. The molecular weight excluding hydrogens is 456 g/mol. The molecule has 0 aromatic heterocycles. The van der Waals surface area contributed by atoms with E-state index in [1.165, 1.54) is 48.8 Å². The maximum absolute atomic E-state index is 6.67. The van der Waals surface area contributed by atoms with Crippen LogP contribution in [0.3, 0.4) is 0 Å². The summed E-state index contributed by atoms with van der Waals surface area (Å²) in [6.07, 6.45) is 13.6. The lowest BCUT2D eigenvalue weighted by atomic mass is 9.76. The van der Waals surface area contributed by atoms with Crippen LogP contribution in [0.5, 0.6) is 5.75 Å². The third-order valence-corrected chi connectivity index (χ3v) is 8.60. The van der Waals surface area contributed by atoms with Crippen molar-refractivity contribution in [3.8, 4) is 5.75 Å². The maximum Gasteiger partial charge on any atom is 0.169 e. The monoisotopic (exact) mass is 504 g/mol. The summed E-state index contributed by atoms with van der Waals surface area (Å²) >= 11 is 0. The second-order valence-corrected chi connectivity index (χ2v) is 11.8. The summed E-state index contributed by atoms with van der Waals surface area (Å²) in [5.41, 5.74) is 3.97. The maximum atomic E-state index is 6.67. The molecule has 2 aromatic rings. The first-order valence-electron chi connectivity index (χ1n) is 14.7. The van der Waals surface area contributed by atoms with Gasteiger partial charge in [-0.15, -0.1) is 6.58 Å². The first-order valence-corrected chi connectivity index (χ1v) is 14.7. The predicted molar refractivity (Wildman–Crippen MR) is 153 cm³/mol. The quantitative estimate of drug-likeness (QED) is 0.213. The molecule has 0 amide bonds. The van der Waals surface area contributed by atoms with E-state index in [2.05, 4.69) is 82.0 Å². The van der Waals surface area contributed by atoms with Gasteiger partial charge in [-0.25, -0.2) is 0 Å². The molecule has 2 aliphatic rings. The lowest BCUT2D eigenvalue weighted by Gasteiger charge is -2.33. The molecule has 3 heteroatoms. The van der Waals surface area contributed by atoms with Crippen molar-refractivity contribution < 1.29 is 14.2 Å². The van der Waals surface area contributed by atoms with E-state index in [1.807, 2.05) is 0 Å². The number of hydrogen-bond donors (Lipinski definition) is 0. The van der Waals surface area contributed by atoms with Gasteiger partial charge in [-0.2, -0.15) is 0 Å². The van der Waals surface area contributed by atoms with Gasteiger partial charge in [0.2, 0.25) is 0 Å². The predicted octanol–water partition coefficient (Wildman–Crippen LogP) is 9.11. The minimum Gasteiger partial charge on any atom is -0.489 e. The molecule has 0 N–H and O–H groups in total. The number of unbranched alkanes of at least 4 members (excludes halogenated alkanes) is 3. The van der Waals surface area contributed by atoms with Crippen molar-refractivity contribution in [3.63, 3.8) is 0 Å². The summed E-state index contributed by atoms with van der Waals surface area (Å²) in [5.74, 6) is 1.40. The fourth-order valence-electron chi connectivity index (χ4n) is 6.32. The molecule has 37 heavy (non-hydrogen) atoms. The Balaban J connectivity index is 1.67. The van der Waals surface area contributed by atoms with Crippen LogP contribution in [0, 0.1) is 5.92 Å². The van der Waals surface area contributed by atoms with Crippen LogP contribution >= 0.6 is 0 Å². The molecule has 3 nitrogen and oxygen atoms in total. The van der Waals surface area contributed by atoms with Crippen LogP contribution < -0.4 is 4.74 Å². The highest BCUT2D eigenvalue weighted by atomic mass is 16.7. The Morgan fingerprint density at radius 2 is 1.84 bits per heavy atom. The average Bonchev–Trinajstić information content (AvgIpc) is 3.29. The molecule has 4 rings (SSSR count). The van der Waals surface area contributed by atoms with Crippen LogP contribution in [0.25, 0.3) is 0 Å². The summed E-state index contributed by atoms with van der Waals surface area (Å²) in [6, 6.07) is 17.6. The Hall–Kier alpha value is -2.10. The zero-order valence-corrected chi connectivity index (χ0v) is 23.5. The van der Waals surface area contributed by atoms with E-state index < -0.39 is 5.79 Å². The smallest absolute Gasteiger partial charge is 0.169 e. The van der Waals surface area contributed by atoms with Gasteiger partial charge in [0.1, 0.15) is 12.4 Å². The first-order chi connectivity index (χ1) is 18.0. The average molecular weight is 505 g/mol. The molecule has 1 aliphatic carbocycles. The van der Waals surface area contributed by atoms with Crippen molar-refractivity contribution in [2.75, 3.05) is 13.2 Å². The Kier molecular flexibility index (Phi) is 9.90. The number of allylic oxidation sites excluding steroid dienone is 1. The zero-order valence-electron chi connectivity index (χ0n) is 23.5. The molecule has 2 aromatic carbocycles. The Morgan fingerprint density at radius 3 is 2.57 bits per heavy atom. The van der Waals surface area contributed by atoms with Crippen LogP contribution in [0.4, 0.5) is 0 Å². The van der Waals surface area contributed by atoms with Gasteiger partial charge in [-0.05, 0) is 65.7 Å². The number of ether oxygens (including phenoxy) is 3. The molecule has 1 saturated heterocycles. The van der Waals surface area contributed by atoms with Gasteiger partial charge in [0, 0.05) is 12.8 Å². The molecule has 1 aliphatic heterocycles. The SMILES string of the molecule is C=CC[C@@H]1CCCC2(C[C@H]1c1ccc(C(C)(C)CCCCCC)cc1OCc1ccccc1)OCCO2. The summed E-state index contributed by atoms with van der Waals surface area (Å²) in [4.78, 5) is 0. The third-order valence-electron chi connectivity index (χ3n) is 8.60.